The molecule has 3 heteroatoms. The Morgan fingerprint density at radius 2 is 1.69 bits per heavy atom. The molecule has 70 valence electrons. The molecule has 0 saturated carbocycles. The lowest BCUT2D eigenvalue weighted by Crippen LogP contribution is -1.92. The number of hydrogen-bond donors (Lipinski definition) is 0. The molecule has 0 bridgehead atoms. The quantitative estimate of drug-likeness (QED) is 0.707. The van der Waals surface area contributed by atoms with Gasteiger partial charge in [0.15, 0.2) is 0 Å². The van der Waals surface area contributed by atoms with Gasteiger partial charge in [-0.15, -0.1) is 11.8 Å². The molecular formula is C10H13NS2. The Morgan fingerprint density at radius 3 is 1.92 bits per heavy atom. The summed E-state index contributed by atoms with van der Waals surface area (Å²) in [6.07, 6.45) is 2.12. The maximum Gasteiger partial charge on any atom is 0.0750 e. The third-order valence-corrected chi connectivity index (χ3v) is 3.78. The molecular weight excluding hydrogens is 198 g/mol. The Labute approximate surface area is 88.0 Å². The molecule has 13 heavy (non-hydrogen) atoms. The summed E-state index contributed by atoms with van der Waals surface area (Å²) in [7, 11) is 0. The van der Waals surface area contributed by atoms with Crippen LogP contribution in [0.15, 0.2) is 41.4 Å². The van der Waals surface area contributed by atoms with E-state index in [1.807, 2.05) is 65.5 Å². The Bertz CT molecular complexity index is 201. The van der Waals surface area contributed by atoms with Gasteiger partial charge in [-0.2, -0.15) is 0 Å². The number of rotatable bonds is 1. The Hall–Kier alpha value is -0.410. The molecule has 1 nitrogen and oxygen atoms in total. The van der Waals surface area contributed by atoms with Crippen molar-refractivity contribution in [1.82, 2.24) is 0 Å². The van der Waals surface area contributed by atoms with E-state index in [9.17, 15) is 0 Å². The second-order valence-electron chi connectivity index (χ2n) is 2.43. The van der Waals surface area contributed by atoms with Gasteiger partial charge < -0.3 is 0 Å². The van der Waals surface area contributed by atoms with Gasteiger partial charge in [0.1, 0.15) is 0 Å². The van der Waals surface area contributed by atoms with Gasteiger partial charge in [0, 0.05) is 0 Å². The number of hydrogen-bond acceptors (Lipinski definition) is 3. The first-order chi connectivity index (χ1) is 6.43. The van der Waals surface area contributed by atoms with Crippen LogP contribution in [0.25, 0.3) is 0 Å². The largest absolute Gasteiger partial charge is 0.284 e. The predicted molar refractivity (Wildman–Crippen MR) is 64.7 cm³/mol. The molecule has 0 aliphatic carbocycles. The van der Waals surface area contributed by atoms with Crippen molar-refractivity contribution in [2.45, 2.75) is 4.58 Å². The highest BCUT2D eigenvalue weighted by atomic mass is 32.2. The van der Waals surface area contributed by atoms with Crippen LogP contribution in [-0.2, 0) is 0 Å². The van der Waals surface area contributed by atoms with E-state index < -0.39 is 0 Å². The highest BCUT2D eigenvalue weighted by molar-refractivity contribution is 8.23. The monoisotopic (exact) mass is 211 g/mol. The van der Waals surface area contributed by atoms with Gasteiger partial charge >= 0.3 is 0 Å². The Balaban J connectivity index is 0.000000132. The molecule has 1 aliphatic heterocycles. The van der Waals surface area contributed by atoms with E-state index >= 15 is 0 Å². The number of thioether (sulfide) groups is 2. The lowest BCUT2D eigenvalue weighted by Gasteiger charge is -1.97. The second kappa shape index (κ2) is 7.04. The minimum Gasteiger partial charge on any atom is -0.284 e. The Morgan fingerprint density at radius 1 is 1.15 bits per heavy atom. The smallest absolute Gasteiger partial charge is 0.0750 e. The van der Waals surface area contributed by atoms with Crippen LogP contribution in [0.3, 0.4) is 0 Å². The van der Waals surface area contributed by atoms with Crippen molar-refractivity contribution in [2.75, 3.05) is 12.8 Å². The van der Waals surface area contributed by atoms with Gasteiger partial charge in [-0.3, -0.25) is 4.99 Å². The highest BCUT2D eigenvalue weighted by Crippen LogP contribution is 2.23. The molecule has 0 radical (unpaired) electrons. The van der Waals surface area contributed by atoms with E-state index in [0.717, 1.165) is 6.54 Å². The zero-order chi connectivity index (χ0) is 9.36. The Kier molecular flexibility index (Phi) is 5.78. The van der Waals surface area contributed by atoms with E-state index in [4.69, 9.17) is 0 Å². The third kappa shape index (κ3) is 5.01. The number of nitrogens with zero attached hydrogens (tertiary/aromatic N) is 1. The molecule has 0 saturated heterocycles. The van der Waals surface area contributed by atoms with Crippen LogP contribution >= 0.6 is 23.5 Å². The lowest BCUT2D eigenvalue weighted by molar-refractivity contribution is 1.14. The summed E-state index contributed by atoms with van der Waals surface area (Å²) >= 11 is 3.68. The molecule has 0 amide bonds. The molecule has 1 heterocycles. The highest BCUT2D eigenvalue weighted by Gasteiger charge is 2.07. The van der Waals surface area contributed by atoms with Gasteiger partial charge in [-0.1, -0.05) is 48.2 Å². The second-order valence-corrected chi connectivity index (χ2v) is 4.82. The summed E-state index contributed by atoms with van der Waals surface area (Å²) in [5, 5.41) is 0. The van der Waals surface area contributed by atoms with Crippen molar-refractivity contribution in [3.8, 4) is 0 Å². The zero-order valence-corrected chi connectivity index (χ0v) is 9.22. The van der Waals surface area contributed by atoms with Crippen LogP contribution in [0.4, 0.5) is 0 Å². The molecule has 1 unspecified atom stereocenters. The molecule has 1 aromatic rings. The zero-order valence-electron chi connectivity index (χ0n) is 7.59. The summed E-state index contributed by atoms with van der Waals surface area (Å²) < 4.78 is 0.708. The minimum atomic E-state index is 0.708. The summed E-state index contributed by atoms with van der Waals surface area (Å²) in [4.78, 5) is 4.05. The fraction of sp³-hybridized carbons (Fsp3) is 0.300. The molecule has 1 atom stereocenters. The minimum absolute atomic E-state index is 0.708. The number of aliphatic imine (C=N–C) groups is 1. The van der Waals surface area contributed by atoms with E-state index in [0.29, 0.717) is 4.58 Å². The van der Waals surface area contributed by atoms with Crippen molar-refractivity contribution >= 4 is 29.1 Å². The van der Waals surface area contributed by atoms with Gasteiger partial charge in [-0.25, -0.2) is 0 Å². The van der Waals surface area contributed by atoms with Gasteiger partial charge in [-0.05, 0) is 6.26 Å². The van der Waals surface area contributed by atoms with Crippen molar-refractivity contribution in [1.29, 1.82) is 0 Å². The molecule has 0 fully saturated rings. The van der Waals surface area contributed by atoms with E-state index in [1.54, 1.807) is 0 Å². The van der Waals surface area contributed by atoms with E-state index in [2.05, 4.69) is 11.2 Å². The standard InChI is InChI=1S/C6H6.C4H7NS2/c1-2-4-6-5-3-1;1-6-4-2-5-3-7-4/h1-6H;3-4H,2H2,1H3. The summed E-state index contributed by atoms with van der Waals surface area (Å²) in [6.45, 7) is 1.01. The third-order valence-electron chi connectivity index (χ3n) is 1.47. The van der Waals surface area contributed by atoms with Crippen LogP contribution in [-0.4, -0.2) is 22.9 Å². The topological polar surface area (TPSA) is 12.4 Å². The van der Waals surface area contributed by atoms with Crippen LogP contribution in [0.5, 0.6) is 0 Å². The molecule has 2 rings (SSSR count). The normalized spacial score (nSPS) is 19.3. The lowest BCUT2D eigenvalue weighted by atomic mass is 10.4. The van der Waals surface area contributed by atoms with Gasteiger partial charge in [0.2, 0.25) is 0 Å². The van der Waals surface area contributed by atoms with Crippen molar-refractivity contribution in [3.05, 3.63) is 36.4 Å². The SMILES string of the molecule is CSC1CN=CS1.c1ccccc1. The molecule has 0 N–H and O–H groups in total. The van der Waals surface area contributed by atoms with E-state index in [-0.39, 0.29) is 0 Å². The average Bonchev–Trinajstić information content (AvgIpc) is 2.74. The first kappa shape index (κ1) is 10.7. The van der Waals surface area contributed by atoms with E-state index in [1.165, 1.54) is 0 Å². The average molecular weight is 211 g/mol. The maximum absolute atomic E-state index is 4.05. The fourth-order valence-corrected chi connectivity index (χ4v) is 2.11. The van der Waals surface area contributed by atoms with Crippen LogP contribution in [0, 0.1) is 0 Å². The van der Waals surface area contributed by atoms with Crippen LogP contribution in [0.2, 0.25) is 0 Å². The van der Waals surface area contributed by atoms with Crippen molar-refractivity contribution in [3.63, 3.8) is 0 Å². The van der Waals surface area contributed by atoms with Gasteiger partial charge in [0.05, 0.1) is 16.7 Å². The van der Waals surface area contributed by atoms with Crippen LogP contribution < -0.4 is 0 Å². The van der Waals surface area contributed by atoms with Crippen molar-refractivity contribution < 1.29 is 0 Å². The predicted octanol–water partition coefficient (Wildman–Crippen LogP) is 3.14. The van der Waals surface area contributed by atoms with Crippen molar-refractivity contribution in [2.24, 2.45) is 4.99 Å². The van der Waals surface area contributed by atoms with Gasteiger partial charge in [0.25, 0.3) is 0 Å². The molecule has 1 aromatic carbocycles. The van der Waals surface area contributed by atoms with Crippen LogP contribution in [0.1, 0.15) is 0 Å². The maximum atomic E-state index is 4.05. The first-order valence-electron chi connectivity index (χ1n) is 4.10. The summed E-state index contributed by atoms with van der Waals surface area (Å²) in [5.41, 5.74) is 1.93. The molecule has 0 aromatic heterocycles. The molecule has 1 aliphatic rings. The molecule has 0 spiro atoms. The number of benzene rings is 1. The fourth-order valence-electron chi connectivity index (χ4n) is 0.798. The summed E-state index contributed by atoms with van der Waals surface area (Å²) in [6, 6.07) is 12.0. The summed E-state index contributed by atoms with van der Waals surface area (Å²) in [5.74, 6) is 0. The first-order valence-corrected chi connectivity index (χ1v) is 6.33.